The summed E-state index contributed by atoms with van der Waals surface area (Å²) in [5, 5.41) is 4.31. The molecule has 1 fully saturated rings. The first-order valence-electron chi connectivity index (χ1n) is 11.1. The summed E-state index contributed by atoms with van der Waals surface area (Å²) < 4.78 is 105. The molecule has 0 aromatic heterocycles. The maximum atomic E-state index is 14.2. The van der Waals surface area contributed by atoms with Gasteiger partial charge in [-0.2, -0.15) is 26.3 Å². The Bertz CT molecular complexity index is 1530. The average molecular weight is 647 g/mol. The number of carbonyl (C=O) groups excluding carboxylic acids is 2. The summed E-state index contributed by atoms with van der Waals surface area (Å²) in [6.45, 7) is 0. The van der Waals surface area contributed by atoms with Gasteiger partial charge in [0.15, 0.2) is 5.82 Å². The lowest BCUT2D eigenvalue weighted by atomic mass is 10.0. The monoisotopic (exact) mass is 645 g/mol. The zero-order chi connectivity index (χ0) is 30.7. The number of halogens is 11. The first-order valence-corrected chi connectivity index (χ1v) is 12.3. The van der Waals surface area contributed by atoms with E-state index in [4.69, 9.17) is 40.5 Å². The van der Waals surface area contributed by atoms with E-state index in [1.54, 1.807) is 0 Å². The normalized spacial score (nSPS) is 18.1. The van der Waals surface area contributed by atoms with Gasteiger partial charge in [-0.3, -0.25) is 9.59 Å². The maximum absolute atomic E-state index is 14.2. The summed E-state index contributed by atoms with van der Waals surface area (Å²) in [6, 6.07) is 5.95. The van der Waals surface area contributed by atoms with E-state index in [2.05, 4.69) is 10.6 Å². The lowest BCUT2D eigenvalue weighted by Gasteiger charge is -2.14. The first-order chi connectivity index (χ1) is 18.8. The van der Waals surface area contributed by atoms with Crippen molar-refractivity contribution in [2.75, 3.05) is 16.4 Å². The molecule has 4 rings (SSSR count). The Morgan fingerprint density at radius 2 is 1.44 bits per heavy atom. The van der Waals surface area contributed by atoms with Crippen LogP contribution in [0.15, 0.2) is 48.5 Å². The predicted octanol–water partition coefficient (Wildman–Crippen LogP) is 8.02. The Balaban J connectivity index is 1.58. The van der Waals surface area contributed by atoms with Gasteiger partial charge in [0.25, 0.3) is 5.91 Å². The maximum Gasteiger partial charge on any atom is 0.416 e. The number of rotatable bonds is 5. The third-order valence-electron chi connectivity index (χ3n) is 6.16. The van der Waals surface area contributed by atoms with Crippen LogP contribution < -0.4 is 16.4 Å². The Morgan fingerprint density at radius 1 is 0.854 bits per heavy atom. The molecule has 2 atom stereocenters. The van der Waals surface area contributed by atoms with Crippen LogP contribution in [0, 0.1) is 17.6 Å². The number of nitrogen functional groups attached to an aromatic ring is 1. The Labute approximate surface area is 240 Å². The minimum atomic E-state index is -5.13. The van der Waals surface area contributed by atoms with E-state index in [1.165, 1.54) is 12.1 Å². The van der Waals surface area contributed by atoms with Gasteiger partial charge in [-0.05, 0) is 54.1 Å². The third kappa shape index (κ3) is 6.16. The fraction of sp³-hybridized carbons (Fsp3) is 0.200. The molecule has 16 heteroatoms. The van der Waals surface area contributed by atoms with Crippen molar-refractivity contribution in [1.29, 1.82) is 0 Å². The standard InChI is InChI=1S/C25H14Cl3F8N3O2/c26-14-2-1-12(8-13(14)21(40)39-16-4-3-15(29)20(37)19(16)30)38-22(41)18-17(23(18,27)28)9-5-10(24(31,32)33)7-11(6-9)25(34,35)36/h1-8,17-18H,37H2,(H,38,41)(H,39,40)/t17-,18+/m0/s1. The smallest absolute Gasteiger partial charge is 0.394 e. The van der Waals surface area contributed by atoms with Crippen LogP contribution in [0.2, 0.25) is 5.02 Å². The van der Waals surface area contributed by atoms with Crippen LogP contribution in [0.5, 0.6) is 0 Å². The average Bonchev–Trinajstić information content (AvgIpc) is 3.46. The molecular weight excluding hydrogens is 633 g/mol. The van der Waals surface area contributed by atoms with Gasteiger partial charge >= 0.3 is 12.4 Å². The minimum absolute atomic E-state index is 0.0719. The second kappa shape index (κ2) is 10.5. The summed E-state index contributed by atoms with van der Waals surface area (Å²) in [5.74, 6) is -7.22. The molecule has 4 N–H and O–H groups in total. The van der Waals surface area contributed by atoms with Crippen LogP contribution in [0.25, 0.3) is 0 Å². The topological polar surface area (TPSA) is 84.2 Å². The molecular formula is C25H14Cl3F8N3O2. The highest BCUT2D eigenvalue weighted by molar-refractivity contribution is 6.53. The van der Waals surface area contributed by atoms with Gasteiger partial charge in [0, 0.05) is 11.6 Å². The lowest BCUT2D eigenvalue weighted by molar-refractivity contribution is -0.143. The molecule has 1 saturated carbocycles. The number of amides is 2. The largest absolute Gasteiger partial charge is 0.416 e. The van der Waals surface area contributed by atoms with E-state index >= 15 is 0 Å². The van der Waals surface area contributed by atoms with Crippen molar-refractivity contribution in [3.63, 3.8) is 0 Å². The molecule has 0 aliphatic heterocycles. The predicted molar refractivity (Wildman–Crippen MR) is 136 cm³/mol. The van der Waals surface area contributed by atoms with Crippen molar-refractivity contribution >= 4 is 63.7 Å². The van der Waals surface area contributed by atoms with Gasteiger partial charge in [0.05, 0.1) is 33.3 Å². The van der Waals surface area contributed by atoms with Crippen molar-refractivity contribution in [3.05, 3.63) is 87.4 Å². The van der Waals surface area contributed by atoms with Crippen LogP contribution in [0.3, 0.4) is 0 Å². The Morgan fingerprint density at radius 3 is 2.00 bits per heavy atom. The van der Waals surface area contributed by atoms with Crippen LogP contribution in [0.4, 0.5) is 52.2 Å². The van der Waals surface area contributed by atoms with Crippen molar-refractivity contribution < 1.29 is 44.7 Å². The number of nitrogens with two attached hydrogens (primary N) is 1. The number of nitrogens with one attached hydrogen (secondary N) is 2. The van der Waals surface area contributed by atoms with Gasteiger partial charge in [-0.25, -0.2) is 8.78 Å². The van der Waals surface area contributed by atoms with Gasteiger partial charge in [0.1, 0.15) is 15.8 Å². The second-order valence-electron chi connectivity index (χ2n) is 8.93. The summed E-state index contributed by atoms with van der Waals surface area (Å²) in [5.41, 5.74) is -0.225. The van der Waals surface area contributed by atoms with Crippen molar-refractivity contribution in [2.24, 2.45) is 5.92 Å². The van der Waals surface area contributed by atoms with Gasteiger partial charge in [-0.15, -0.1) is 23.2 Å². The van der Waals surface area contributed by atoms with Gasteiger partial charge in [-0.1, -0.05) is 11.6 Å². The molecule has 1 aliphatic carbocycles. The first kappa shape index (κ1) is 30.7. The summed E-state index contributed by atoms with van der Waals surface area (Å²) in [7, 11) is 0. The number of carbonyl (C=O) groups is 2. The van der Waals surface area contributed by atoms with Crippen molar-refractivity contribution in [3.8, 4) is 0 Å². The fourth-order valence-electron chi connectivity index (χ4n) is 4.08. The lowest BCUT2D eigenvalue weighted by Crippen LogP contribution is -2.18. The highest BCUT2D eigenvalue weighted by Gasteiger charge is 2.68. The van der Waals surface area contributed by atoms with E-state index in [-0.39, 0.29) is 22.3 Å². The SMILES string of the molecule is Nc1c(F)ccc(NC(=O)c2cc(NC(=O)[C@H]3[C@H](c4cc(C(F)(F)F)cc(C(F)(F)F)c4)C3(Cl)Cl)ccc2Cl)c1F. The van der Waals surface area contributed by atoms with Gasteiger partial charge < -0.3 is 16.4 Å². The number of hydrogen-bond donors (Lipinski definition) is 3. The van der Waals surface area contributed by atoms with Gasteiger partial charge in [0.2, 0.25) is 5.91 Å². The molecule has 2 amide bonds. The molecule has 0 spiro atoms. The number of hydrogen-bond acceptors (Lipinski definition) is 3. The van der Waals surface area contributed by atoms with Crippen LogP contribution in [-0.4, -0.2) is 16.1 Å². The molecule has 0 saturated heterocycles. The zero-order valence-electron chi connectivity index (χ0n) is 19.8. The van der Waals surface area contributed by atoms with E-state index < -0.39 is 80.0 Å². The molecule has 218 valence electrons. The highest BCUT2D eigenvalue weighted by atomic mass is 35.5. The fourth-order valence-corrected chi connectivity index (χ4v) is 5.11. The number of anilines is 3. The molecule has 41 heavy (non-hydrogen) atoms. The summed E-state index contributed by atoms with van der Waals surface area (Å²) >= 11 is 18.3. The summed E-state index contributed by atoms with van der Waals surface area (Å²) in [6.07, 6.45) is -10.3. The zero-order valence-corrected chi connectivity index (χ0v) is 22.1. The third-order valence-corrected chi connectivity index (χ3v) is 7.43. The molecule has 0 heterocycles. The minimum Gasteiger partial charge on any atom is -0.394 e. The van der Waals surface area contributed by atoms with E-state index in [0.717, 1.165) is 18.2 Å². The Kier molecular flexibility index (Phi) is 7.87. The molecule has 0 bridgehead atoms. The Hall–Kier alpha value is -3.29. The molecule has 3 aromatic carbocycles. The highest BCUT2D eigenvalue weighted by Crippen LogP contribution is 2.65. The molecule has 0 radical (unpaired) electrons. The van der Waals surface area contributed by atoms with E-state index in [1.807, 2.05) is 0 Å². The van der Waals surface area contributed by atoms with E-state index in [9.17, 15) is 44.7 Å². The quantitative estimate of drug-likeness (QED) is 0.149. The second-order valence-corrected chi connectivity index (χ2v) is 10.8. The number of benzene rings is 3. The van der Waals surface area contributed by atoms with Crippen LogP contribution >= 0.6 is 34.8 Å². The number of alkyl halides is 8. The van der Waals surface area contributed by atoms with Crippen LogP contribution in [0.1, 0.15) is 33.0 Å². The van der Waals surface area contributed by atoms with Crippen LogP contribution in [-0.2, 0) is 17.1 Å². The molecule has 3 aromatic rings. The molecule has 1 aliphatic rings. The van der Waals surface area contributed by atoms with Crippen molar-refractivity contribution in [1.82, 2.24) is 0 Å². The summed E-state index contributed by atoms with van der Waals surface area (Å²) in [4.78, 5) is 25.7. The molecule has 5 nitrogen and oxygen atoms in total. The van der Waals surface area contributed by atoms with Crippen molar-refractivity contribution in [2.45, 2.75) is 22.6 Å². The molecule has 0 unspecified atom stereocenters. The van der Waals surface area contributed by atoms with E-state index in [0.29, 0.717) is 12.1 Å².